The number of benzene rings is 3. The molecule has 3 nitrogen and oxygen atoms in total. The fourth-order valence-electron chi connectivity index (χ4n) is 3.72. The molecule has 2 unspecified atom stereocenters. The summed E-state index contributed by atoms with van der Waals surface area (Å²) in [5, 5.41) is 9.77. The van der Waals surface area contributed by atoms with E-state index in [1.54, 1.807) is 30.3 Å². The Balaban J connectivity index is 1.79. The monoisotopic (exact) mass is 385 g/mol. The molecule has 4 rings (SSSR count). The number of phenols is 1. The first-order valence-corrected chi connectivity index (χ1v) is 8.81. The van der Waals surface area contributed by atoms with E-state index in [2.05, 4.69) is 0 Å². The van der Waals surface area contributed by atoms with E-state index in [1.165, 1.54) is 12.1 Å². The van der Waals surface area contributed by atoms with Gasteiger partial charge in [-0.25, -0.2) is 0 Å². The van der Waals surface area contributed by atoms with Gasteiger partial charge >= 0.3 is 6.18 Å². The fourth-order valence-corrected chi connectivity index (χ4v) is 3.72. The van der Waals surface area contributed by atoms with Crippen LogP contribution in [0, 0.1) is 0 Å². The number of phenolic OH excluding ortho intramolecular Hbond substituents is 1. The van der Waals surface area contributed by atoms with Crippen LogP contribution in [0.1, 0.15) is 34.1 Å². The summed E-state index contributed by atoms with van der Waals surface area (Å²) in [7, 11) is 0. The molecule has 144 valence electrons. The Morgan fingerprint density at radius 2 is 1.54 bits per heavy atom. The smallest absolute Gasteiger partial charge is 0.416 e. The zero-order valence-corrected chi connectivity index (χ0v) is 14.8. The summed E-state index contributed by atoms with van der Waals surface area (Å²) in [5.74, 6) is 0.359. The molecule has 0 amide bonds. The van der Waals surface area contributed by atoms with Crippen LogP contribution in [0.3, 0.4) is 0 Å². The van der Waals surface area contributed by atoms with Crippen molar-refractivity contribution in [2.75, 3.05) is 12.3 Å². The molecule has 1 aliphatic rings. The van der Waals surface area contributed by atoms with Gasteiger partial charge in [0.25, 0.3) is 0 Å². The molecule has 0 aromatic heterocycles. The second-order valence-electron chi connectivity index (χ2n) is 6.90. The summed E-state index contributed by atoms with van der Waals surface area (Å²) in [4.78, 5) is 0. The van der Waals surface area contributed by atoms with Crippen LogP contribution in [-0.2, 0) is 6.18 Å². The number of rotatable bonds is 2. The first kappa shape index (κ1) is 18.2. The number of nitrogen functional groups attached to an aromatic ring is 1. The predicted octanol–water partition coefficient (Wildman–Crippen LogP) is 5.30. The van der Waals surface area contributed by atoms with Gasteiger partial charge in [-0.3, -0.25) is 0 Å². The number of hydrogen-bond acceptors (Lipinski definition) is 3. The number of alkyl halides is 3. The van der Waals surface area contributed by atoms with E-state index < -0.39 is 11.7 Å². The first-order valence-electron chi connectivity index (χ1n) is 8.81. The number of halogens is 3. The summed E-state index contributed by atoms with van der Waals surface area (Å²) in [5.41, 5.74) is 8.38. The van der Waals surface area contributed by atoms with Crippen molar-refractivity contribution in [1.29, 1.82) is 0 Å². The minimum atomic E-state index is -4.37. The molecule has 0 saturated heterocycles. The lowest BCUT2D eigenvalue weighted by Crippen LogP contribution is -2.25. The summed E-state index contributed by atoms with van der Waals surface area (Å²) < 4.78 is 44.6. The summed E-state index contributed by atoms with van der Waals surface area (Å²) in [6.45, 7) is 0.289. The third-order valence-corrected chi connectivity index (χ3v) is 5.11. The largest absolute Gasteiger partial charge is 0.508 e. The van der Waals surface area contributed by atoms with Gasteiger partial charge in [-0.1, -0.05) is 30.3 Å². The van der Waals surface area contributed by atoms with Crippen molar-refractivity contribution in [2.24, 2.45) is 0 Å². The van der Waals surface area contributed by atoms with Gasteiger partial charge in [0, 0.05) is 29.2 Å². The average molecular weight is 385 g/mol. The Labute approximate surface area is 160 Å². The molecule has 0 radical (unpaired) electrons. The van der Waals surface area contributed by atoms with Crippen LogP contribution in [0.15, 0.2) is 66.7 Å². The number of nitrogens with two attached hydrogens (primary N) is 1. The highest BCUT2D eigenvalue weighted by Gasteiger charge is 2.35. The quantitative estimate of drug-likeness (QED) is 0.589. The summed E-state index contributed by atoms with van der Waals surface area (Å²) >= 11 is 0. The first-order chi connectivity index (χ1) is 13.3. The van der Waals surface area contributed by atoms with Crippen LogP contribution in [0.4, 0.5) is 18.9 Å². The Morgan fingerprint density at radius 1 is 0.893 bits per heavy atom. The van der Waals surface area contributed by atoms with Crippen molar-refractivity contribution >= 4 is 5.69 Å². The van der Waals surface area contributed by atoms with Crippen LogP contribution in [0.2, 0.25) is 0 Å². The molecule has 1 heterocycles. The van der Waals surface area contributed by atoms with Crippen molar-refractivity contribution in [3.8, 4) is 11.5 Å². The van der Waals surface area contributed by atoms with Crippen molar-refractivity contribution in [1.82, 2.24) is 0 Å². The lowest BCUT2D eigenvalue weighted by Gasteiger charge is -2.34. The molecule has 0 aliphatic carbocycles. The highest BCUT2D eigenvalue weighted by molar-refractivity contribution is 5.52. The van der Waals surface area contributed by atoms with Gasteiger partial charge in [-0.15, -0.1) is 0 Å². The molecule has 28 heavy (non-hydrogen) atoms. The van der Waals surface area contributed by atoms with Gasteiger partial charge in [-0.2, -0.15) is 13.2 Å². The van der Waals surface area contributed by atoms with Crippen LogP contribution in [0.5, 0.6) is 11.5 Å². The Kier molecular flexibility index (Phi) is 4.41. The van der Waals surface area contributed by atoms with Crippen LogP contribution < -0.4 is 10.5 Å². The number of ether oxygens (including phenoxy) is 1. The van der Waals surface area contributed by atoms with Gasteiger partial charge < -0.3 is 15.6 Å². The topological polar surface area (TPSA) is 55.5 Å². The molecule has 0 spiro atoms. The van der Waals surface area contributed by atoms with E-state index in [0.717, 1.165) is 28.8 Å². The fraction of sp³-hybridized carbons (Fsp3) is 0.182. The second kappa shape index (κ2) is 6.78. The molecule has 0 fully saturated rings. The second-order valence-corrected chi connectivity index (χ2v) is 6.90. The van der Waals surface area contributed by atoms with Crippen molar-refractivity contribution in [3.63, 3.8) is 0 Å². The van der Waals surface area contributed by atoms with Crippen LogP contribution in [-0.4, -0.2) is 11.7 Å². The van der Waals surface area contributed by atoms with E-state index >= 15 is 0 Å². The third-order valence-electron chi connectivity index (χ3n) is 5.11. The van der Waals surface area contributed by atoms with E-state index in [-0.39, 0.29) is 24.2 Å². The number of aromatic hydroxyl groups is 1. The maximum absolute atomic E-state index is 12.9. The minimum Gasteiger partial charge on any atom is -0.508 e. The van der Waals surface area contributed by atoms with E-state index in [0.29, 0.717) is 11.4 Å². The summed E-state index contributed by atoms with van der Waals surface area (Å²) in [6, 6.07) is 17.6. The molecule has 0 bridgehead atoms. The van der Waals surface area contributed by atoms with Crippen LogP contribution in [0.25, 0.3) is 0 Å². The van der Waals surface area contributed by atoms with Gasteiger partial charge in [0.1, 0.15) is 11.5 Å². The zero-order valence-electron chi connectivity index (χ0n) is 14.8. The van der Waals surface area contributed by atoms with Crippen molar-refractivity contribution in [2.45, 2.75) is 18.0 Å². The molecule has 6 heteroatoms. The number of hydrogen-bond donors (Lipinski definition) is 2. The third kappa shape index (κ3) is 3.38. The average Bonchev–Trinajstić information content (AvgIpc) is 2.67. The molecule has 2 atom stereocenters. The molecular weight excluding hydrogens is 367 g/mol. The molecular formula is C22H18F3NO2. The van der Waals surface area contributed by atoms with E-state index in [1.807, 2.05) is 12.1 Å². The SMILES string of the molecule is Nc1ccc(C2c3ccc(O)cc3OCC2c2ccc(C(F)(F)F)cc2)cc1. The van der Waals surface area contributed by atoms with Crippen molar-refractivity contribution < 1.29 is 23.0 Å². The molecule has 1 aliphatic heterocycles. The normalized spacial score (nSPS) is 19.0. The molecule has 0 saturated carbocycles. The molecule has 3 N–H and O–H groups in total. The molecule has 3 aromatic rings. The minimum absolute atomic E-state index is 0.0998. The van der Waals surface area contributed by atoms with Crippen LogP contribution >= 0.6 is 0 Å². The van der Waals surface area contributed by atoms with E-state index in [4.69, 9.17) is 10.5 Å². The highest BCUT2D eigenvalue weighted by Crippen LogP contribution is 2.47. The maximum atomic E-state index is 12.9. The van der Waals surface area contributed by atoms with Crippen molar-refractivity contribution in [3.05, 3.63) is 89.0 Å². The van der Waals surface area contributed by atoms with Gasteiger partial charge in [0.2, 0.25) is 0 Å². The highest BCUT2D eigenvalue weighted by atomic mass is 19.4. The predicted molar refractivity (Wildman–Crippen MR) is 100 cm³/mol. The zero-order chi connectivity index (χ0) is 19.9. The number of anilines is 1. The number of fused-ring (bicyclic) bond motifs is 1. The van der Waals surface area contributed by atoms with E-state index in [9.17, 15) is 18.3 Å². The lowest BCUT2D eigenvalue weighted by molar-refractivity contribution is -0.137. The Morgan fingerprint density at radius 3 is 2.18 bits per heavy atom. The van der Waals surface area contributed by atoms with Gasteiger partial charge in [-0.05, 0) is 41.5 Å². The standard InChI is InChI=1S/C22H18F3NO2/c23-22(24,25)15-5-1-13(2-6-15)19-12-28-20-11-17(27)9-10-18(20)21(19)14-3-7-16(26)8-4-14/h1-11,19,21,27H,12,26H2. The Hall–Kier alpha value is -3.15. The Bertz CT molecular complexity index is 982. The summed E-state index contributed by atoms with van der Waals surface area (Å²) in [6.07, 6.45) is -4.37. The lowest BCUT2D eigenvalue weighted by atomic mass is 9.75. The van der Waals surface area contributed by atoms with Gasteiger partial charge in [0.15, 0.2) is 0 Å². The van der Waals surface area contributed by atoms with Gasteiger partial charge in [0.05, 0.1) is 12.2 Å². The molecule has 3 aromatic carbocycles. The maximum Gasteiger partial charge on any atom is 0.416 e.